The zero-order valence-corrected chi connectivity index (χ0v) is 10.9. The first-order chi connectivity index (χ1) is 7.69. The van der Waals surface area contributed by atoms with Crippen molar-refractivity contribution in [3.05, 3.63) is 23.8 Å². The fourth-order valence-electron chi connectivity index (χ4n) is 1.51. The molecule has 1 aromatic carbocycles. The first kappa shape index (κ1) is 11.4. The number of hydrogen-bond acceptors (Lipinski definition) is 3. The highest BCUT2D eigenvalue weighted by Crippen LogP contribution is 2.26. The Labute approximate surface area is 101 Å². The Morgan fingerprint density at radius 2 is 2.25 bits per heavy atom. The zero-order valence-electron chi connectivity index (χ0n) is 10.1. The van der Waals surface area contributed by atoms with Crippen LogP contribution in [0.1, 0.15) is 25.8 Å². The quantitative estimate of drug-likeness (QED) is 0.862. The standard InChI is InChI=1S/C13H18N2S/c1-4-9(2)8-14-13-15-11-6-5-10(3)7-12(11)16-13/h5-7,9H,4,8H2,1-3H3,(H,14,15). The van der Waals surface area contributed by atoms with E-state index in [2.05, 4.69) is 49.3 Å². The molecule has 0 aliphatic rings. The summed E-state index contributed by atoms with van der Waals surface area (Å²) in [5.41, 5.74) is 2.40. The largest absolute Gasteiger partial charge is 0.361 e. The molecule has 0 fully saturated rings. The van der Waals surface area contributed by atoms with Gasteiger partial charge in [0.2, 0.25) is 0 Å². The Kier molecular flexibility index (Phi) is 3.44. The summed E-state index contributed by atoms with van der Waals surface area (Å²) in [6, 6.07) is 6.40. The third kappa shape index (κ3) is 2.53. The monoisotopic (exact) mass is 234 g/mol. The third-order valence-electron chi connectivity index (χ3n) is 2.84. The number of fused-ring (bicyclic) bond motifs is 1. The van der Waals surface area contributed by atoms with Crippen molar-refractivity contribution in [1.29, 1.82) is 0 Å². The van der Waals surface area contributed by atoms with Gasteiger partial charge in [-0.15, -0.1) is 0 Å². The highest BCUT2D eigenvalue weighted by atomic mass is 32.1. The second kappa shape index (κ2) is 4.83. The van der Waals surface area contributed by atoms with Gasteiger partial charge in [0.15, 0.2) is 5.13 Å². The molecule has 2 nitrogen and oxygen atoms in total. The molecule has 16 heavy (non-hydrogen) atoms. The number of aryl methyl sites for hydroxylation is 1. The summed E-state index contributed by atoms with van der Waals surface area (Å²) in [6.45, 7) is 7.60. The van der Waals surface area contributed by atoms with Crippen molar-refractivity contribution in [2.75, 3.05) is 11.9 Å². The molecule has 0 saturated heterocycles. The van der Waals surface area contributed by atoms with E-state index in [9.17, 15) is 0 Å². The lowest BCUT2D eigenvalue weighted by Crippen LogP contribution is -2.09. The second-order valence-electron chi connectivity index (χ2n) is 4.38. The molecule has 0 spiro atoms. The Balaban J connectivity index is 2.13. The van der Waals surface area contributed by atoms with Crippen molar-refractivity contribution in [3.8, 4) is 0 Å². The van der Waals surface area contributed by atoms with Gasteiger partial charge in [0, 0.05) is 6.54 Å². The molecule has 1 N–H and O–H groups in total. The van der Waals surface area contributed by atoms with Gasteiger partial charge >= 0.3 is 0 Å². The number of aromatic nitrogens is 1. The van der Waals surface area contributed by atoms with E-state index in [1.807, 2.05) is 0 Å². The van der Waals surface area contributed by atoms with Crippen LogP contribution in [-0.4, -0.2) is 11.5 Å². The summed E-state index contributed by atoms with van der Waals surface area (Å²) in [6.07, 6.45) is 1.21. The summed E-state index contributed by atoms with van der Waals surface area (Å²) in [4.78, 5) is 4.57. The second-order valence-corrected chi connectivity index (χ2v) is 5.42. The van der Waals surface area contributed by atoms with Crippen LogP contribution in [0, 0.1) is 12.8 Å². The van der Waals surface area contributed by atoms with Crippen molar-refractivity contribution in [3.63, 3.8) is 0 Å². The highest BCUT2D eigenvalue weighted by Gasteiger charge is 2.04. The molecule has 0 bridgehead atoms. The van der Waals surface area contributed by atoms with Gasteiger partial charge < -0.3 is 5.32 Å². The summed E-state index contributed by atoms with van der Waals surface area (Å²) in [5, 5.41) is 4.45. The predicted molar refractivity (Wildman–Crippen MR) is 72.3 cm³/mol. The number of hydrogen-bond donors (Lipinski definition) is 1. The van der Waals surface area contributed by atoms with Gasteiger partial charge in [-0.3, -0.25) is 0 Å². The van der Waals surface area contributed by atoms with E-state index in [1.54, 1.807) is 11.3 Å². The van der Waals surface area contributed by atoms with E-state index in [-0.39, 0.29) is 0 Å². The van der Waals surface area contributed by atoms with Gasteiger partial charge in [-0.25, -0.2) is 4.98 Å². The van der Waals surface area contributed by atoms with Crippen LogP contribution in [0.4, 0.5) is 5.13 Å². The van der Waals surface area contributed by atoms with Gasteiger partial charge in [0.05, 0.1) is 10.2 Å². The maximum Gasteiger partial charge on any atom is 0.183 e. The number of benzene rings is 1. The van der Waals surface area contributed by atoms with Crippen LogP contribution >= 0.6 is 11.3 Å². The first-order valence-electron chi connectivity index (χ1n) is 5.80. The molecule has 1 unspecified atom stereocenters. The number of thiazole rings is 1. The Morgan fingerprint density at radius 1 is 1.44 bits per heavy atom. The maximum atomic E-state index is 4.57. The molecule has 2 rings (SSSR count). The van der Waals surface area contributed by atoms with E-state index in [0.29, 0.717) is 5.92 Å². The van der Waals surface area contributed by atoms with Gasteiger partial charge in [0.1, 0.15) is 0 Å². The lowest BCUT2D eigenvalue weighted by atomic mass is 10.1. The number of rotatable bonds is 4. The van der Waals surface area contributed by atoms with Crippen LogP contribution in [0.5, 0.6) is 0 Å². The minimum atomic E-state index is 0.703. The lowest BCUT2D eigenvalue weighted by Gasteiger charge is -2.07. The molecule has 1 aromatic heterocycles. The zero-order chi connectivity index (χ0) is 11.5. The summed E-state index contributed by atoms with van der Waals surface area (Å²) in [5.74, 6) is 0.703. The van der Waals surface area contributed by atoms with Crippen LogP contribution in [0.25, 0.3) is 10.2 Å². The topological polar surface area (TPSA) is 24.9 Å². The molecule has 86 valence electrons. The molecule has 3 heteroatoms. The third-order valence-corrected chi connectivity index (χ3v) is 3.82. The fraction of sp³-hybridized carbons (Fsp3) is 0.462. The van der Waals surface area contributed by atoms with E-state index >= 15 is 0 Å². The number of anilines is 1. The molecule has 0 amide bonds. The smallest absolute Gasteiger partial charge is 0.183 e. The van der Waals surface area contributed by atoms with Crippen molar-refractivity contribution < 1.29 is 0 Å². The predicted octanol–water partition coefficient (Wildman–Crippen LogP) is 4.06. The summed E-state index contributed by atoms with van der Waals surface area (Å²) in [7, 11) is 0. The normalized spacial score (nSPS) is 12.9. The number of nitrogens with zero attached hydrogens (tertiary/aromatic N) is 1. The Morgan fingerprint density at radius 3 is 3.00 bits per heavy atom. The molecule has 1 heterocycles. The van der Waals surface area contributed by atoms with Gasteiger partial charge in [-0.1, -0.05) is 37.7 Å². The van der Waals surface area contributed by atoms with Gasteiger partial charge in [-0.2, -0.15) is 0 Å². The summed E-state index contributed by atoms with van der Waals surface area (Å²) < 4.78 is 1.27. The van der Waals surface area contributed by atoms with Crippen molar-refractivity contribution in [2.45, 2.75) is 27.2 Å². The highest BCUT2D eigenvalue weighted by molar-refractivity contribution is 7.22. The minimum absolute atomic E-state index is 0.703. The van der Waals surface area contributed by atoms with Crippen LogP contribution in [0.3, 0.4) is 0 Å². The minimum Gasteiger partial charge on any atom is -0.361 e. The van der Waals surface area contributed by atoms with Crippen LogP contribution in [-0.2, 0) is 0 Å². The van der Waals surface area contributed by atoms with E-state index in [4.69, 9.17) is 0 Å². The average molecular weight is 234 g/mol. The fourth-order valence-corrected chi connectivity index (χ4v) is 2.48. The SMILES string of the molecule is CCC(C)CNc1nc2ccc(C)cc2s1. The first-order valence-corrected chi connectivity index (χ1v) is 6.61. The van der Waals surface area contributed by atoms with Crippen LogP contribution < -0.4 is 5.32 Å². The van der Waals surface area contributed by atoms with Crippen molar-refractivity contribution in [1.82, 2.24) is 4.98 Å². The van der Waals surface area contributed by atoms with E-state index < -0.39 is 0 Å². The number of nitrogens with one attached hydrogen (secondary N) is 1. The maximum absolute atomic E-state index is 4.57. The van der Waals surface area contributed by atoms with Crippen LogP contribution in [0.15, 0.2) is 18.2 Å². The molecular weight excluding hydrogens is 216 g/mol. The Hall–Kier alpha value is -1.09. The average Bonchev–Trinajstić information content (AvgIpc) is 2.67. The van der Waals surface area contributed by atoms with Crippen molar-refractivity contribution >= 4 is 26.7 Å². The lowest BCUT2D eigenvalue weighted by molar-refractivity contribution is 0.593. The van der Waals surface area contributed by atoms with E-state index in [1.165, 1.54) is 16.7 Å². The molecule has 1 atom stereocenters. The summed E-state index contributed by atoms with van der Waals surface area (Å²) >= 11 is 1.74. The molecular formula is C13H18N2S. The molecule has 0 saturated carbocycles. The molecule has 0 aliphatic carbocycles. The Bertz CT molecular complexity index is 476. The molecule has 0 aliphatic heterocycles. The molecule has 0 radical (unpaired) electrons. The van der Waals surface area contributed by atoms with Gasteiger partial charge in [0.25, 0.3) is 0 Å². The van der Waals surface area contributed by atoms with Gasteiger partial charge in [-0.05, 0) is 30.5 Å². The molecule has 2 aromatic rings. The van der Waals surface area contributed by atoms with Crippen LogP contribution in [0.2, 0.25) is 0 Å². The van der Waals surface area contributed by atoms with E-state index in [0.717, 1.165) is 17.2 Å². The van der Waals surface area contributed by atoms with Crippen molar-refractivity contribution in [2.24, 2.45) is 5.92 Å².